The fourth-order valence-corrected chi connectivity index (χ4v) is 3.08. The molecule has 0 bridgehead atoms. The molecule has 130 valence electrons. The SMILES string of the molecule is CN1N=CCC1c1ccc(C(=O)NC(CN)Cc2ccccc2)cc1. The Bertz CT molecular complexity index is 727. The van der Waals surface area contributed by atoms with Crippen LogP contribution in [0.5, 0.6) is 0 Å². The van der Waals surface area contributed by atoms with E-state index in [2.05, 4.69) is 10.4 Å². The lowest BCUT2D eigenvalue weighted by Crippen LogP contribution is -2.41. The van der Waals surface area contributed by atoms with Gasteiger partial charge in [0.2, 0.25) is 0 Å². The van der Waals surface area contributed by atoms with Crippen LogP contribution in [0.2, 0.25) is 0 Å². The molecule has 0 saturated carbocycles. The third-order valence-corrected chi connectivity index (χ3v) is 4.55. The minimum atomic E-state index is -0.0889. The molecule has 1 aliphatic rings. The molecule has 2 aromatic rings. The van der Waals surface area contributed by atoms with Crippen molar-refractivity contribution in [2.75, 3.05) is 13.6 Å². The first-order chi connectivity index (χ1) is 12.2. The highest BCUT2D eigenvalue weighted by molar-refractivity contribution is 5.94. The first-order valence-electron chi connectivity index (χ1n) is 8.57. The largest absolute Gasteiger partial charge is 0.348 e. The molecule has 25 heavy (non-hydrogen) atoms. The highest BCUT2D eigenvalue weighted by atomic mass is 16.1. The minimum Gasteiger partial charge on any atom is -0.348 e. The fraction of sp³-hybridized carbons (Fsp3) is 0.300. The van der Waals surface area contributed by atoms with Crippen LogP contribution < -0.4 is 11.1 Å². The normalized spacial score (nSPS) is 17.5. The molecule has 2 atom stereocenters. The van der Waals surface area contributed by atoms with Gasteiger partial charge < -0.3 is 11.1 Å². The van der Waals surface area contributed by atoms with Gasteiger partial charge in [0, 0.05) is 37.8 Å². The van der Waals surface area contributed by atoms with Gasteiger partial charge in [0.25, 0.3) is 5.91 Å². The maximum atomic E-state index is 12.5. The van der Waals surface area contributed by atoms with Crippen molar-refractivity contribution in [2.45, 2.75) is 24.9 Å². The standard InChI is InChI=1S/C20H24N4O/c1-24-19(11-12-22-24)16-7-9-17(10-8-16)20(25)23-18(14-21)13-15-5-3-2-4-6-15/h2-10,12,18-19H,11,13-14,21H2,1H3,(H,23,25). The Morgan fingerprint density at radius 3 is 2.56 bits per heavy atom. The van der Waals surface area contributed by atoms with Crippen LogP contribution in [0.25, 0.3) is 0 Å². The van der Waals surface area contributed by atoms with Crippen molar-refractivity contribution >= 4 is 12.1 Å². The molecule has 1 aliphatic heterocycles. The van der Waals surface area contributed by atoms with Crippen LogP contribution >= 0.6 is 0 Å². The number of nitrogens with one attached hydrogen (secondary N) is 1. The van der Waals surface area contributed by atoms with Crippen LogP contribution in [0.15, 0.2) is 59.7 Å². The number of carbonyl (C=O) groups is 1. The van der Waals surface area contributed by atoms with E-state index >= 15 is 0 Å². The van der Waals surface area contributed by atoms with E-state index in [1.54, 1.807) is 0 Å². The van der Waals surface area contributed by atoms with Gasteiger partial charge in [0.15, 0.2) is 0 Å². The zero-order valence-corrected chi connectivity index (χ0v) is 14.4. The van der Waals surface area contributed by atoms with Gasteiger partial charge >= 0.3 is 0 Å². The molecule has 0 aliphatic carbocycles. The Morgan fingerprint density at radius 2 is 1.96 bits per heavy atom. The van der Waals surface area contributed by atoms with Gasteiger partial charge in [-0.05, 0) is 29.7 Å². The molecule has 0 radical (unpaired) electrons. The molecule has 2 aromatic carbocycles. The number of amides is 1. The highest BCUT2D eigenvalue weighted by Gasteiger charge is 2.19. The van der Waals surface area contributed by atoms with Crippen molar-refractivity contribution in [3.63, 3.8) is 0 Å². The molecular weight excluding hydrogens is 312 g/mol. The lowest BCUT2D eigenvalue weighted by molar-refractivity contribution is 0.0938. The Labute approximate surface area is 148 Å². The monoisotopic (exact) mass is 336 g/mol. The van der Waals surface area contributed by atoms with Crippen molar-refractivity contribution in [1.82, 2.24) is 10.3 Å². The lowest BCUT2D eigenvalue weighted by atomic mass is 10.0. The number of hydrazone groups is 1. The Kier molecular flexibility index (Phi) is 5.46. The maximum absolute atomic E-state index is 12.5. The van der Waals surface area contributed by atoms with E-state index < -0.39 is 0 Å². The molecule has 5 nitrogen and oxygen atoms in total. The van der Waals surface area contributed by atoms with Crippen LogP contribution in [0.4, 0.5) is 0 Å². The molecule has 2 unspecified atom stereocenters. The lowest BCUT2D eigenvalue weighted by Gasteiger charge is -2.20. The topological polar surface area (TPSA) is 70.7 Å². The quantitative estimate of drug-likeness (QED) is 0.851. The molecule has 0 spiro atoms. The predicted octanol–water partition coefficient (Wildman–Crippen LogP) is 2.35. The first-order valence-corrected chi connectivity index (χ1v) is 8.57. The molecule has 0 fully saturated rings. The van der Waals surface area contributed by atoms with Gasteiger partial charge in [0.05, 0.1) is 6.04 Å². The summed E-state index contributed by atoms with van der Waals surface area (Å²) in [5.74, 6) is -0.0889. The molecule has 1 amide bonds. The van der Waals surface area contributed by atoms with Gasteiger partial charge in [-0.1, -0.05) is 42.5 Å². The molecular formula is C20H24N4O. The van der Waals surface area contributed by atoms with E-state index in [9.17, 15) is 4.79 Å². The number of carbonyl (C=O) groups excluding carboxylic acids is 1. The molecule has 5 heteroatoms. The highest BCUT2D eigenvalue weighted by Crippen LogP contribution is 2.26. The van der Waals surface area contributed by atoms with Crippen molar-refractivity contribution in [2.24, 2.45) is 10.8 Å². The summed E-state index contributed by atoms with van der Waals surface area (Å²) < 4.78 is 0. The number of hydrogen-bond donors (Lipinski definition) is 2. The second-order valence-corrected chi connectivity index (χ2v) is 6.34. The van der Waals surface area contributed by atoms with Gasteiger partial charge in [-0.2, -0.15) is 5.10 Å². The van der Waals surface area contributed by atoms with Crippen LogP contribution in [-0.2, 0) is 6.42 Å². The Balaban J connectivity index is 1.62. The molecule has 0 saturated heterocycles. The molecule has 3 N–H and O–H groups in total. The smallest absolute Gasteiger partial charge is 0.251 e. The average molecular weight is 336 g/mol. The molecule has 0 aromatic heterocycles. The zero-order chi connectivity index (χ0) is 17.6. The number of benzene rings is 2. The predicted molar refractivity (Wildman–Crippen MR) is 101 cm³/mol. The molecule has 3 rings (SSSR count). The van der Waals surface area contributed by atoms with Gasteiger partial charge in [0.1, 0.15) is 0 Å². The molecule has 1 heterocycles. The van der Waals surface area contributed by atoms with Crippen molar-refractivity contribution < 1.29 is 4.79 Å². The van der Waals surface area contributed by atoms with E-state index in [1.807, 2.05) is 72.9 Å². The number of hydrogen-bond acceptors (Lipinski definition) is 4. The first kappa shape index (κ1) is 17.2. The summed E-state index contributed by atoms with van der Waals surface area (Å²) >= 11 is 0. The summed E-state index contributed by atoms with van der Waals surface area (Å²) in [7, 11) is 1.96. The number of rotatable bonds is 6. The summed E-state index contributed by atoms with van der Waals surface area (Å²) in [5.41, 5.74) is 8.81. The van der Waals surface area contributed by atoms with E-state index in [0.29, 0.717) is 12.1 Å². The van der Waals surface area contributed by atoms with Crippen LogP contribution in [0.3, 0.4) is 0 Å². The van der Waals surface area contributed by atoms with Crippen molar-refractivity contribution in [1.29, 1.82) is 0 Å². The maximum Gasteiger partial charge on any atom is 0.251 e. The minimum absolute atomic E-state index is 0.0797. The third-order valence-electron chi connectivity index (χ3n) is 4.55. The zero-order valence-electron chi connectivity index (χ0n) is 14.4. The van der Waals surface area contributed by atoms with Crippen molar-refractivity contribution in [3.8, 4) is 0 Å². The van der Waals surface area contributed by atoms with E-state index in [-0.39, 0.29) is 18.0 Å². The summed E-state index contributed by atoms with van der Waals surface area (Å²) in [4.78, 5) is 12.5. The summed E-state index contributed by atoms with van der Waals surface area (Å²) in [6.45, 7) is 0.406. The second kappa shape index (κ2) is 7.94. The average Bonchev–Trinajstić information content (AvgIpc) is 3.08. The Morgan fingerprint density at radius 1 is 1.24 bits per heavy atom. The van der Waals surface area contributed by atoms with Crippen molar-refractivity contribution in [3.05, 3.63) is 71.3 Å². The van der Waals surface area contributed by atoms with Crippen LogP contribution in [0.1, 0.15) is 33.9 Å². The third kappa shape index (κ3) is 4.25. The van der Waals surface area contributed by atoms with E-state index in [4.69, 9.17) is 5.73 Å². The summed E-state index contributed by atoms with van der Waals surface area (Å²) in [5, 5.41) is 9.23. The van der Waals surface area contributed by atoms with Crippen LogP contribution in [-0.4, -0.2) is 36.8 Å². The fourth-order valence-electron chi connectivity index (χ4n) is 3.08. The Hall–Kier alpha value is -2.66. The van der Waals surface area contributed by atoms with Gasteiger partial charge in [-0.3, -0.25) is 9.80 Å². The number of nitrogens with two attached hydrogens (primary N) is 1. The summed E-state index contributed by atoms with van der Waals surface area (Å²) in [6.07, 6.45) is 3.54. The van der Waals surface area contributed by atoms with E-state index in [0.717, 1.165) is 24.0 Å². The second-order valence-electron chi connectivity index (χ2n) is 6.34. The van der Waals surface area contributed by atoms with Gasteiger partial charge in [-0.25, -0.2) is 0 Å². The van der Waals surface area contributed by atoms with Gasteiger partial charge in [-0.15, -0.1) is 0 Å². The van der Waals surface area contributed by atoms with E-state index in [1.165, 1.54) is 0 Å². The summed E-state index contributed by atoms with van der Waals surface area (Å²) in [6, 6.07) is 18.0. The number of nitrogens with zero attached hydrogens (tertiary/aromatic N) is 2. The van der Waals surface area contributed by atoms with Crippen LogP contribution in [0, 0.1) is 0 Å².